The minimum absolute atomic E-state index is 0.205. The number of nitrogens with one attached hydrogen (secondary N) is 1. The predicted octanol–water partition coefficient (Wildman–Crippen LogP) is 1.95. The topological polar surface area (TPSA) is 86.2 Å². The van der Waals surface area contributed by atoms with Gasteiger partial charge in [0.25, 0.3) is 5.91 Å². The number of pyridine rings is 1. The van der Waals surface area contributed by atoms with E-state index in [1.54, 1.807) is 42.1 Å². The molecule has 0 radical (unpaired) electrons. The van der Waals surface area contributed by atoms with Crippen LogP contribution in [0.4, 0.5) is 4.39 Å². The van der Waals surface area contributed by atoms with Gasteiger partial charge in [-0.1, -0.05) is 6.07 Å². The van der Waals surface area contributed by atoms with E-state index in [1.807, 2.05) is 6.07 Å². The molecular weight excluding hydrogens is 375 g/mol. The van der Waals surface area contributed by atoms with Gasteiger partial charge in [-0.25, -0.2) is 18.5 Å². The Bertz CT molecular complexity index is 1220. The van der Waals surface area contributed by atoms with Crippen molar-refractivity contribution in [2.75, 3.05) is 6.54 Å². The lowest BCUT2D eigenvalue weighted by Gasteiger charge is -2.06. The molecule has 29 heavy (non-hydrogen) atoms. The molecule has 0 spiro atoms. The molecule has 0 aliphatic heterocycles. The molecule has 0 atom stereocenters. The van der Waals surface area contributed by atoms with Crippen molar-refractivity contribution in [2.24, 2.45) is 0 Å². The van der Waals surface area contributed by atoms with Crippen LogP contribution in [0.25, 0.3) is 11.3 Å². The molecule has 0 aliphatic rings. The van der Waals surface area contributed by atoms with Crippen molar-refractivity contribution in [1.82, 2.24) is 29.3 Å². The number of carbonyl (C=O) groups is 1. The van der Waals surface area contributed by atoms with E-state index in [-0.39, 0.29) is 17.4 Å². The molecule has 148 valence electrons. The molecule has 0 saturated heterocycles. The maximum Gasteiger partial charge on any atom is 0.350 e. The molecule has 0 saturated carbocycles. The van der Waals surface area contributed by atoms with Gasteiger partial charge in [-0.2, -0.15) is 5.10 Å². The van der Waals surface area contributed by atoms with Crippen LogP contribution < -0.4 is 11.0 Å². The summed E-state index contributed by atoms with van der Waals surface area (Å²) in [7, 11) is 0. The summed E-state index contributed by atoms with van der Waals surface area (Å²) < 4.78 is 17.6. The van der Waals surface area contributed by atoms with E-state index in [4.69, 9.17) is 0 Å². The van der Waals surface area contributed by atoms with Crippen LogP contribution >= 0.6 is 0 Å². The average molecular weight is 394 g/mol. The number of fused-ring (bicyclic) bond motifs is 1. The first-order valence-corrected chi connectivity index (χ1v) is 9.17. The second-order valence-electron chi connectivity index (χ2n) is 6.58. The average Bonchev–Trinajstić information content (AvgIpc) is 3.26. The first-order chi connectivity index (χ1) is 14.0. The fourth-order valence-electron chi connectivity index (χ4n) is 3.11. The molecule has 9 heteroatoms. The van der Waals surface area contributed by atoms with Crippen molar-refractivity contribution in [3.63, 3.8) is 0 Å². The number of halogens is 1. The van der Waals surface area contributed by atoms with Crippen LogP contribution in [0, 0.1) is 12.7 Å². The Balaban J connectivity index is 1.37. The van der Waals surface area contributed by atoms with Gasteiger partial charge in [-0.15, -0.1) is 5.10 Å². The number of hydrogen-bond donors (Lipinski definition) is 1. The Morgan fingerprint density at radius 2 is 1.97 bits per heavy atom. The molecule has 4 aromatic rings. The fourth-order valence-corrected chi connectivity index (χ4v) is 3.11. The summed E-state index contributed by atoms with van der Waals surface area (Å²) in [5, 5.41) is 11.3. The smallest absolute Gasteiger partial charge is 0.350 e. The molecule has 8 nitrogen and oxygen atoms in total. The van der Waals surface area contributed by atoms with Gasteiger partial charge in [0, 0.05) is 19.3 Å². The number of benzene rings is 1. The Morgan fingerprint density at radius 1 is 1.17 bits per heavy atom. The highest BCUT2D eigenvalue weighted by molar-refractivity contribution is 5.95. The summed E-state index contributed by atoms with van der Waals surface area (Å²) in [6, 6.07) is 11.2. The lowest BCUT2D eigenvalue weighted by Crippen LogP contribution is -2.27. The molecule has 0 fully saturated rings. The zero-order valence-corrected chi connectivity index (χ0v) is 15.7. The van der Waals surface area contributed by atoms with Gasteiger partial charge in [0.15, 0.2) is 5.65 Å². The third-order valence-electron chi connectivity index (χ3n) is 4.65. The Labute approximate surface area is 165 Å². The summed E-state index contributed by atoms with van der Waals surface area (Å²) in [6.07, 6.45) is 3.71. The second kappa shape index (κ2) is 7.70. The van der Waals surface area contributed by atoms with Crippen LogP contribution in [0.2, 0.25) is 0 Å². The van der Waals surface area contributed by atoms with Crippen molar-refractivity contribution >= 4 is 11.6 Å². The van der Waals surface area contributed by atoms with Gasteiger partial charge >= 0.3 is 5.69 Å². The molecule has 0 bridgehead atoms. The van der Waals surface area contributed by atoms with Crippen LogP contribution in [-0.4, -0.2) is 36.4 Å². The van der Waals surface area contributed by atoms with E-state index < -0.39 is 0 Å². The van der Waals surface area contributed by atoms with E-state index in [0.29, 0.717) is 42.1 Å². The SMILES string of the molecule is Cc1c(C(=O)NCCCn2nc3ccccn3c2=O)cnn1-c1ccc(F)cc1. The Morgan fingerprint density at radius 3 is 2.72 bits per heavy atom. The molecule has 1 amide bonds. The van der Waals surface area contributed by atoms with Gasteiger partial charge in [-0.3, -0.25) is 9.20 Å². The minimum Gasteiger partial charge on any atom is -0.352 e. The van der Waals surface area contributed by atoms with Gasteiger partial charge in [0.2, 0.25) is 0 Å². The quantitative estimate of drug-likeness (QED) is 0.507. The normalized spacial score (nSPS) is 11.1. The number of carbonyl (C=O) groups excluding carboxylic acids is 1. The standard InChI is InChI=1S/C20H19FN6O2/c1-14-17(13-23-27(14)16-8-6-15(21)7-9-16)19(28)22-10-4-12-26-20(29)25-11-3-2-5-18(25)24-26/h2-3,5-9,11,13H,4,10,12H2,1H3,(H,22,28). The number of aromatic nitrogens is 5. The van der Waals surface area contributed by atoms with E-state index in [9.17, 15) is 14.0 Å². The maximum absolute atomic E-state index is 13.1. The first-order valence-electron chi connectivity index (χ1n) is 9.17. The lowest BCUT2D eigenvalue weighted by molar-refractivity contribution is 0.0952. The third kappa shape index (κ3) is 3.66. The van der Waals surface area contributed by atoms with Crippen molar-refractivity contribution in [3.8, 4) is 5.69 Å². The number of hydrogen-bond acceptors (Lipinski definition) is 4. The van der Waals surface area contributed by atoms with Crippen LogP contribution in [0.3, 0.4) is 0 Å². The highest BCUT2D eigenvalue weighted by atomic mass is 19.1. The predicted molar refractivity (Wildman–Crippen MR) is 105 cm³/mol. The molecule has 1 aromatic carbocycles. The Hall–Kier alpha value is -3.75. The molecule has 0 aliphatic carbocycles. The van der Waals surface area contributed by atoms with E-state index in [2.05, 4.69) is 15.5 Å². The monoisotopic (exact) mass is 394 g/mol. The lowest BCUT2D eigenvalue weighted by atomic mass is 10.2. The van der Waals surface area contributed by atoms with E-state index in [0.717, 1.165) is 0 Å². The molecule has 0 unspecified atom stereocenters. The first kappa shape index (κ1) is 18.6. The summed E-state index contributed by atoms with van der Waals surface area (Å²) in [5.41, 5.74) is 2.16. The molecule has 3 aromatic heterocycles. The van der Waals surface area contributed by atoms with Crippen molar-refractivity contribution in [1.29, 1.82) is 0 Å². The van der Waals surface area contributed by atoms with Crippen molar-refractivity contribution < 1.29 is 9.18 Å². The number of rotatable bonds is 6. The summed E-state index contributed by atoms with van der Waals surface area (Å²) >= 11 is 0. The van der Waals surface area contributed by atoms with Crippen LogP contribution in [0.5, 0.6) is 0 Å². The molecular formula is C20H19FN6O2. The van der Waals surface area contributed by atoms with Crippen molar-refractivity contribution in [2.45, 2.75) is 19.9 Å². The molecule has 4 rings (SSSR count). The minimum atomic E-state index is -0.332. The van der Waals surface area contributed by atoms with Crippen molar-refractivity contribution in [3.05, 3.63) is 82.4 Å². The van der Waals surface area contributed by atoms with E-state index in [1.165, 1.54) is 27.4 Å². The number of nitrogens with zero attached hydrogens (tertiary/aromatic N) is 5. The summed E-state index contributed by atoms with van der Waals surface area (Å²) in [5.74, 6) is -0.584. The number of aryl methyl sites for hydroxylation is 1. The van der Waals surface area contributed by atoms with Gasteiger partial charge in [0.05, 0.1) is 23.1 Å². The van der Waals surface area contributed by atoms with Crippen LogP contribution in [0.1, 0.15) is 22.5 Å². The third-order valence-corrected chi connectivity index (χ3v) is 4.65. The number of amides is 1. The summed E-state index contributed by atoms with van der Waals surface area (Å²) in [6.45, 7) is 2.57. The van der Waals surface area contributed by atoms with Crippen LogP contribution in [0.15, 0.2) is 59.7 Å². The zero-order chi connectivity index (χ0) is 20.4. The highest BCUT2D eigenvalue weighted by Crippen LogP contribution is 2.14. The fraction of sp³-hybridized carbons (Fsp3) is 0.200. The van der Waals surface area contributed by atoms with Gasteiger partial charge in [-0.05, 0) is 49.7 Å². The zero-order valence-electron chi connectivity index (χ0n) is 15.7. The summed E-state index contributed by atoms with van der Waals surface area (Å²) in [4.78, 5) is 24.7. The van der Waals surface area contributed by atoms with Gasteiger partial charge < -0.3 is 5.32 Å². The second-order valence-corrected chi connectivity index (χ2v) is 6.58. The maximum atomic E-state index is 13.1. The van der Waals surface area contributed by atoms with E-state index >= 15 is 0 Å². The highest BCUT2D eigenvalue weighted by Gasteiger charge is 2.15. The van der Waals surface area contributed by atoms with Gasteiger partial charge in [0.1, 0.15) is 5.82 Å². The molecule has 3 heterocycles. The molecule has 1 N–H and O–H groups in total. The van der Waals surface area contributed by atoms with Crippen LogP contribution in [-0.2, 0) is 6.54 Å². The Kier molecular flexibility index (Phi) is 4.94. The largest absolute Gasteiger partial charge is 0.352 e.